The van der Waals surface area contributed by atoms with Crippen molar-refractivity contribution in [3.05, 3.63) is 66.7 Å². The normalized spacial score (nSPS) is 11.0. The standard InChI is InChI=1S/C19H14N2O4/c22-16(18-9-13-5-1-4-8-17(13)25-18)11-24-19(23)10-21-12-20-14-6-2-3-7-15(14)21/h1-9,12H,10-11H2. The number of rotatable bonds is 5. The summed E-state index contributed by atoms with van der Waals surface area (Å²) in [7, 11) is 0. The minimum Gasteiger partial charge on any atom is -0.456 e. The molecule has 0 radical (unpaired) electrons. The minimum absolute atomic E-state index is 0.00603. The predicted octanol–water partition coefficient (Wildman–Crippen LogP) is 3.21. The number of para-hydroxylation sites is 3. The van der Waals surface area contributed by atoms with Crippen molar-refractivity contribution in [2.45, 2.75) is 6.54 Å². The van der Waals surface area contributed by atoms with Crippen LogP contribution < -0.4 is 0 Å². The quantitative estimate of drug-likeness (QED) is 0.414. The number of nitrogens with zero attached hydrogens (tertiary/aromatic N) is 2. The van der Waals surface area contributed by atoms with E-state index < -0.39 is 5.97 Å². The fourth-order valence-electron chi connectivity index (χ4n) is 2.66. The Hall–Kier alpha value is -3.41. The maximum Gasteiger partial charge on any atom is 0.326 e. The van der Waals surface area contributed by atoms with E-state index in [1.165, 1.54) is 0 Å². The number of ketones is 1. The Morgan fingerprint density at radius 2 is 1.88 bits per heavy atom. The number of esters is 1. The van der Waals surface area contributed by atoms with Gasteiger partial charge in [-0.25, -0.2) is 4.98 Å². The fraction of sp³-hybridized carbons (Fsp3) is 0.105. The summed E-state index contributed by atoms with van der Waals surface area (Å²) in [6.07, 6.45) is 1.58. The third-order valence-corrected chi connectivity index (χ3v) is 3.89. The Morgan fingerprint density at radius 1 is 1.08 bits per heavy atom. The van der Waals surface area contributed by atoms with Crippen LogP contribution in [0.25, 0.3) is 22.0 Å². The van der Waals surface area contributed by atoms with Gasteiger partial charge in [0.2, 0.25) is 5.78 Å². The van der Waals surface area contributed by atoms with Crippen LogP contribution in [0.15, 0.2) is 65.3 Å². The number of imidazole rings is 1. The molecule has 0 bridgehead atoms. The molecule has 124 valence electrons. The number of hydrogen-bond donors (Lipinski definition) is 0. The summed E-state index contributed by atoms with van der Waals surface area (Å²) in [6, 6.07) is 16.5. The van der Waals surface area contributed by atoms with Gasteiger partial charge in [0.05, 0.1) is 17.4 Å². The van der Waals surface area contributed by atoms with Crippen molar-refractivity contribution in [2.75, 3.05) is 6.61 Å². The van der Waals surface area contributed by atoms with Gasteiger partial charge < -0.3 is 13.7 Å². The summed E-state index contributed by atoms with van der Waals surface area (Å²) in [5.74, 6) is -0.699. The summed E-state index contributed by atoms with van der Waals surface area (Å²) in [4.78, 5) is 28.4. The van der Waals surface area contributed by atoms with Gasteiger partial charge in [-0.15, -0.1) is 0 Å². The number of carbonyl (C=O) groups excluding carboxylic acids is 2. The molecule has 0 N–H and O–H groups in total. The largest absolute Gasteiger partial charge is 0.456 e. The third-order valence-electron chi connectivity index (χ3n) is 3.89. The first-order chi connectivity index (χ1) is 12.2. The van der Waals surface area contributed by atoms with Crippen molar-refractivity contribution < 1.29 is 18.7 Å². The Labute approximate surface area is 142 Å². The number of aromatic nitrogens is 2. The minimum atomic E-state index is -0.507. The zero-order valence-corrected chi connectivity index (χ0v) is 13.2. The Bertz CT molecular complexity index is 1040. The molecule has 0 aliphatic heterocycles. The van der Waals surface area contributed by atoms with Gasteiger partial charge >= 0.3 is 5.97 Å². The molecule has 0 aliphatic carbocycles. The van der Waals surface area contributed by atoms with E-state index in [4.69, 9.17) is 9.15 Å². The SMILES string of the molecule is O=C(Cn1cnc2ccccc21)OCC(=O)c1cc2ccccc2o1. The molecule has 2 aromatic heterocycles. The Kier molecular flexibility index (Phi) is 3.78. The van der Waals surface area contributed by atoms with Gasteiger partial charge in [0.1, 0.15) is 12.1 Å². The average Bonchev–Trinajstić information content (AvgIpc) is 3.24. The van der Waals surface area contributed by atoms with Crippen LogP contribution in [0.3, 0.4) is 0 Å². The predicted molar refractivity (Wildman–Crippen MR) is 91.2 cm³/mol. The number of hydrogen-bond acceptors (Lipinski definition) is 5. The molecule has 4 rings (SSSR count). The lowest BCUT2D eigenvalue weighted by Gasteiger charge is -2.05. The molecule has 25 heavy (non-hydrogen) atoms. The summed E-state index contributed by atoms with van der Waals surface area (Å²) in [6.45, 7) is -0.362. The number of furan rings is 1. The van der Waals surface area contributed by atoms with E-state index in [1.54, 1.807) is 23.0 Å². The van der Waals surface area contributed by atoms with Crippen LogP contribution in [-0.2, 0) is 16.1 Å². The first kappa shape index (κ1) is 15.1. The molecular formula is C19H14N2O4. The van der Waals surface area contributed by atoms with Crippen LogP contribution in [0.1, 0.15) is 10.6 Å². The maximum absolute atomic E-state index is 12.1. The molecule has 0 spiro atoms. The van der Waals surface area contributed by atoms with Crippen molar-refractivity contribution in [3.63, 3.8) is 0 Å². The van der Waals surface area contributed by atoms with Crippen molar-refractivity contribution in [1.29, 1.82) is 0 Å². The molecule has 2 heterocycles. The van der Waals surface area contributed by atoms with Crippen molar-refractivity contribution in [1.82, 2.24) is 9.55 Å². The highest BCUT2D eigenvalue weighted by molar-refractivity contribution is 5.99. The van der Waals surface area contributed by atoms with Gasteiger partial charge in [-0.1, -0.05) is 30.3 Å². The lowest BCUT2D eigenvalue weighted by atomic mass is 10.2. The molecule has 0 saturated heterocycles. The molecular weight excluding hydrogens is 320 g/mol. The lowest BCUT2D eigenvalue weighted by molar-refractivity contribution is -0.143. The summed E-state index contributed by atoms with van der Waals surface area (Å²) in [5.41, 5.74) is 2.26. The van der Waals surface area contributed by atoms with E-state index in [9.17, 15) is 9.59 Å². The van der Waals surface area contributed by atoms with Crippen LogP contribution >= 0.6 is 0 Å². The van der Waals surface area contributed by atoms with Crippen LogP contribution in [0.2, 0.25) is 0 Å². The highest BCUT2D eigenvalue weighted by atomic mass is 16.5. The second-order valence-corrected chi connectivity index (χ2v) is 5.59. The zero-order valence-electron chi connectivity index (χ0n) is 13.2. The number of fused-ring (bicyclic) bond motifs is 2. The Morgan fingerprint density at radius 3 is 2.76 bits per heavy atom. The monoisotopic (exact) mass is 334 g/mol. The maximum atomic E-state index is 12.1. The highest BCUT2D eigenvalue weighted by Crippen LogP contribution is 2.19. The van der Waals surface area contributed by atoms with Gasteiger partial charge in [-0.05, 0) is 24.3 Å². The molecule has 2 aromatic carbocycles. The first-order valence-corrected chi connectivity index (χ1v) is 7.78. The van der Waals surface area contributed by atoms with Gasteiger partial charge in [0.25, 0.3) is 0 Å². The van der Waals surface area contributed by atoms with E-state index in [2.05, 4.69) is 4.98 Å². The summed E-state index contributed by atoms with van der Waals surface area (Å²) >= 11 is 0. The molecule has 0 amide bonds. The van der Waals surface area contributed by atoms with Gasteiger partial charge in [-0.2, -0.15) is 0 Å². The molecule has 0 atom stereocenters. The Balaban J connectivity index is 1.40. The van der Waals surface area contributed by atoms with E-state index >= 15 is 0 Å². The zero-order chi connectivity index (χ0) is 17.2. The third kappa shape index (κ3) is 3.01. The second kappa shape index (κ2) is 6.24. The van der Waals surface area contributed by atoms with Gasteiger partial charge in [-0.3, -0.25) is 9.59 Å². The fourth-order valence-corrected chi connectivity index (χ4v) is 2.66. The number of benzene rings is 2. The smallest absolute Gasteiger partial charge is 0.326 e. The summed E-state index contributed by atoms with van der Waals surface area (Å²) in [5, 5.41) is 0.835. The van der Waals surface area contributed by atoms with Crippen LogP contribution in [0.5, 0.6) is 0 Å². The topological polar surface area (TPSA) is 74.3 Å². The van der Waals surface area contributed by atoms with Crippen molar-refractivity contribution >= 4 is 33.8 Å². The number of Topliss-reactive ketones (excluding diaryl/α,β-unsaturated/α-hetero) is 1. The van der Waals surface area contributed by atoms with Crippen LogP contribution in [0, 0.1) is 0 Å². The summed E-state index contributed by atoms with van der Waals surface area (Å²) < 4.78 is 12.2. The van der Waals surface area contributed by atoms with E-state index in [0.717, 1.165) is 16.4 Å². The van der Waals surface area contributed by atoms with Crippen molar-refractivity contribution in [3.8, 4) is 0 Å². The molecule has 6 nitrogen and oxygen atoms in total. The number of carbonyl (C=O) groups is 2. The highest BCUT2D eigenvalue weighted by Gasteiger charge is 2.15. The van der Waals surface area contributed by atoms with E-state index in [-0.39, 0.29) is 24.7 Å². The van der Waals surface area contributed by atoms with Crippen LogP contribution in [-0.4, -0.2) is 27.9 Å². The second-order valence-electron chi connectivity index (χ2n) is 5.59. The van der Waals surface area contributed by atoms with E-state index in [0.29, 0.717) is 5.58 Å². The van der Waals surface area contributed by atoms with Gasteiger partial charge in [0, 0.05) is 5.39 Å². The van der Waals surface area contributed by atoms with Gasteiger partial charge in [0.15, 0.2) is 12.4 Å². The molecule has 0 fully saturated rings. The molecule has 4 aromatic rings. The molecule has 0 saturated carbocycles. The van der Waals surface area contributed by atoms with E-state index in [1.807, 2.05) is 42.5 Å². The molecule has 0 aliphatic rings. The first-order valence-electron chi connectivity index (χ1n) is 7.78. The average molecular weight is 334 g/mol. The van der Waals surface area contributed by atoms with Crippen LogP contribution in [0.4, 0.5) is 0 Å². The number of ether oxygens (including phenoxy) is 1. The molecule has 6 heteroatoms. The molecule has 0 unspecified atom stereocenters. The lowest BCUT2D eigenvalue weighted by Crippen LogP contribution is -2.17. The van der Waals surface area contributed by atoms with Crippen molar-refractivity contribution in [2.24, 2.45) is 0 Å².